The first-order valence-corrected chi connectivity index (χ1v) is 8.38. The van der Waals surface area contributed by atoms with Crippen LogP contribution < -0.4 is 5.32 Å². The number of rotatable bonds is 5. The van der Waals surface area contributed by atoms with Gasteiger partial charge in [0.05, 0.1) is 11.7 Å². The van der Waals surface area contributed by atoms with Gasteiger partial charge >= 0.3 is 0 Å². The van der Waals surface area contributed by atoms with Crippen LogP contribution in [0.5, 0.6) is 0 Å². The molecule has 1 N–H and O–H groups in total. The molecule has 106 valence electrons. The van der Waals surface area contributed by atoms with E-state index in [1.807, 2.05) is 11.3 Å². The predicted octanol–water partition coefficient (Wildman–Crippen LogP) is 3.92. The monoisotopic (exact) mass is 286 g/mol. The summed E-state index contributed by atoms with van der Waals surface area (Å²) in [5.74, 6) is 0. The first-order valence-electron chi connectivity index (χ1n) is 7.56. The predicted molar refractivity (Wildman–Crippen MR) is 85.3 cm³/mol. The van der Waals surface area contributed by atoms with Crippen LogP contribution in [0.1, 0.15) is 46.4 Å². The standard InChI is InChI=1S/C17H22N2S/c1-18-15(12-11-13-7-3-2-4-8-13)17-19-14-9-5-6-10-16(14)20-17/h2-4,7-8,15,18H,5-6,9-12H2,1H3. The highest BCUT2D eigenvalue weighted by Crippen LogP contribution is 2.31. The van der Waals surface area contributed by atoms with Crippen LogP contribution >= 0.6 is 11.3 Å². The molecule has 0 saturated heterocycles. The molecule has 1 aliphatic carbocycles. The van der Waals surface area contributed by atoms with Crippen molar-refractivity contribution in [3.8, 4) is 0 Å². The van der Waals surface area contributed by atoms with Crippen LogP contribution in [-0.4, -0.2) is 12.0 Å². The molecule has 1 aromatic heterocycles. The summed E-state index contributed by atoms with van der Waals surface area (Å²) in [6.45, 7) is 0. The second-order valence-electron chi connectivity index (χ2n) is 5.49. The molecular formula is C17H22N2S. The molecule has 0 spiro atoms. The van der Waals surface area contributed by atoms with E-state index in [0.29, 0.717) is 6.04 Å². The van der Waals surface area contributed by atoms with E-state index in [2.05, 4.69) is 42.7 Å². The zero-order valence-electron chi connectivity index (χ0n) is 12.1. The Kier molecular flexibility index (Phi) is 4.48. The Bertz CT molecular complexity index is 524. The Labute approximate surface area is 125 Å². The number of hydrogen-bond acceptors (Lipinski definition) is 3. The maximum atomic E-state index is 4.89. The van der Waals surface area contributed by atoms with Gasteiger partial charge in [-0.05, 0) is 51.1 Å². The molecule has 0 aliphatic heterocycles. The molecule has 0 amide bonds. The molecule has 1 unspecified atom stereocenters. The van der Waals surface area contributed by atoms with Crippen molar-refractivity contribution in [3.05, 3.63) is 51.5 Å². The van der Waals surface area contributed by atoms with Crippen LogP contribution in [0, 0.1) is 0 Å². The Morgan fingerprint density at radius 3 is 2.75 bits per heavy atom. The second-order valence-corrected chi connectivity index (χ2v) is 6.61. The number of hydrogen-bond donors (Lipinski definition) is 1. The third-order valence-corrected chi connectivity index (χ3v) is 5.34. The topological polar surface area (TPSA) is 24.9 Å². The summed E-state index contributed by atoms with van der Waals surface area (Å²) in [4.78, 5) is 6.42. The van der Waals surface area contributed by atoms with Gasteiger partial charge in [0.15, 0.2) is 0 Å². The molecule has 1 aliphatic rings. The van der Waals surface area contributed by atoms with Crippen molar-refractivity contribution in [1.82, 2.24) is 10.3 Å². The first-order chi connectivity index (χ1) is 9.86. The van der Waals surface area contributed by atoms with Crippen molar-refractivity contribution in [3.63, 3.8) is 0 Å². The number of benzene rings is 1. The summed E-state index contributed by atoms with van der Waals surface area (Å²) < 4.78 is 0. The number of aryl methyl sites for hydroxylation is 3. The van der Waals surface area contributed by atoms with Gasteiger partial charge in [-0.1, -0.05) is 30.3 Å². The van der Waals surface area contributed by atoms with Gasteiger partial charge in [0.1, 0.15) is 5.01 Å². The van der Waals surface area contributed by atoms with Crippen molar-refractivity contribution in [2.45, 2.75) is 44.6 Å². The Morgan fingerprint density at radius 1 is 1.20 bits per heavy atom. The fourth-order valence-electron chi connectivity index (χ4n) is 2.87. The Hall–Kier alpha value is -1.19. The lowest BCUT2D eigenvalue weighted by Gasteiger charge is -2.13. The van der Waals surface area contributed by atoms with Crippen LogP contribution in [0.25, 0.3) is 0 Å². The summed E-state index contributed by atoms with van der Waals surface area (Å²) in [7, 11) is 2.05. The van der Waals surface area contributed by atoms with E-state index in [9.17, 15) is 0 Å². The highest BCUT2D eigenvalue weighted by Gasteiger charge is 2.19. The van der Waals surface area contributed by atoms with Gasteiger partial charge in [0.25, 0.3) is 0 Å². The van der Waals surface area contributed by atoms with E-state index in [4.69, 9.17) is 4.98 Å². The van der Waals surface area contributed by atoms with Crippen LogP contribution in [0.2, 0.25) is 0 Å². The Morgan fingerprint density at radius 2 is 2.00 bits per heavy atom. The van der Waals surface area contributed by atoms with Crippen molar-refractivity contribution in [1.29, 1.82) is 0 Å². The van der Waals surface area contributed by atoms with Crippen LogP contribution in [0.3, 0.4) is 0 Å². The lowest BCUT2D eigenvalue weighted by molar-refractivity contribution is 0.544. The quantitative estimate of drug-likeness (QED) is 0.901. The summed E-state index contributed by atoms with van der Waals surface area (Å²) in [5, 5.41) is 4.73. The number of nitrogens with one attached hydrogen (secondary N) is 1. The average molecular weight is 286 g/mol. The van der Waals surface area contributed by atoms with Gasteiger partial charge in [-0.25, -0.2) is 4.98 Å². The molecule has 0 radical (unpaired) electrons. The SMILES string of the molecule is CNC(CCc1ccccc1)c1nc2c(s1)CCCC2. The van der Waals surface area contributed by atoms with Crippen molar-refractivity contribution in [2.75, 3.05) is 7.05 Å². The third kappa shape index (κ3) is 3.10. The lowest BCUT2D eigenvalue weighted by atomic mass is 10.0. The molecular weight excluding hydrogens is 264 g/mol. The van der Waals surface area contributed by atoms with Crippen molar-refractivity contribution < 1.29 is 0 Å². The Balaban J connectivity index is 1.68. The molecule has 2 aromatic rings. The van der Waals surface area contributed by atoms with E-state index in [0.717, 1.165) is 12.8 Å². The fourth-order valence-corrected chi connectivity index (χ4v) is 4.17. The zero-order chi connectivity index (χ0) is 13.8. The minimum atomic E-state index is 0.394. The molecule has 20 heavy (non-hydrogen) atoms. The van der Waals surface area contributed by atoms with Crippen molar-refractivity contribution >= 4 is 11.3 Å². The molecule has 3 heteroatoms. The minimum absolute atomic E-state index is 0.394. The maximum Gasteiger partial charge on any atom is 0.110 e. The largest absolute Gasteiger partial charge is 0.311 e. The normalized spacial score (nSPS) is 15.8. The van der Waals surface area contributed by atoms with Gasteiger partial charge in [0.2, 0.25) is 0 Å². The summed E-state index contributed by atoms with van der Waals surface area (Å²) in [5.41, 5.74) is 2.78. The highest BCUT2D eigenvalue weighted by atomic mass is 32.1. The summed E-state index contributed by atoms with van der Waals surface area (Å²) in [6.07, 6.45) is 7.29. The van der Waals surface area contributed by atoms with E-state index >= 15 is 0 Å². The van der Waals surface area contributed by atoms with Gasteiger partial charge in [-0.15, -0.1) is 11.3 Å². The van der Waals surface area contributed by atoms with E-state index in [1.54, 1.807) is 0 Å². The number of thiazole rings is 1. The second kappa shape index (κ2) is 6.51. The molecule has 0 bridgehead atoms. The fraction of sp³-hybridized carbons (Fsp3) is 0.471. The van der Waals surface area contributed by atoms with Crippen LogP contribution in [-0.2, 0) is 19.3 Å². The molecule has 0 fully saturated rings. The van der Waals surface area contributed by atoms with Gasteiger partial charge in [-0.2, -0.15) is 0 Å². The molecule has 3 rings (SSSR count). The highest BCUT2D eigenvalue weighted by molar-refractivity contribution is 7.11. The number of fused-ring (bicyclic) bond motifs is 1. The minimum Gasteiger partial charge on any atom is -0.311 e. The van der Waals surface area contributed by atoms with E-state index < -0.39 is 0 Å². The van der Waals surface area contributed by atoms with E-state index in [-0.39, 0.29) is 0 Å². The number of nitrogens with zero attached hydrogens (tertiary/aromatic N) is 1. The molecule has 1 atom stereocenters. The molecule has 1 aromatic carbocycles. The smallest absolute Gasteiger partial charge is 0.110 e. The third-order valence-electron chi connectivity index (χ3n) is 4.07. The molecule has 2 nitrogen and oxygen atoms in total. The number of aromatic nitrogens is 1. The zero-order valence-corrected chi connectivity index (χ0v) is 12.9. The average Bonchev–Trinajstić information content (AvgIpc) is 2.92. The summed E-state index contributed by atoms with van der Waals surface area (Å²) >= 11 is 1.93. The summed E-state index contributed by atoms with van der Waals surface area (Å²) in [6, 6.07) is 11.1. The van der Waals surface area contributed by atoms with Crippen LogP contribution in [0.15, 0.2) is 30.3 Å². The van der Waals surface area contributed by atoms with Gasteiger partial charge in [0, 0.05) is 4.88 Å². The van der Waals surface area contributed by atoms with E-state index in [1.165, 1.54) is 46.8 Å². The maximum absolute atomic E-state index is 4.89. The van der Waals surface area contributed by atoms with Gasteiger partial charge < -0.3 is 5.32 Å². The van der Waals surface area contributed by atoms with Crippen LogP contribution in [0.4, 0.5) is 0 Å². The van der Waals surface area contributed by atoms with Crippen molar-refractivity contribution in [2.24, 2.45) is 0 Å². The lowest BCUT2D eigenvalue weighted by Crippen LogP contribution is -2.17. The first kappa shape index (κ1) is 13.8. The van der Waals surface area contributed by atoms with Gasteiger partial charge in [-0.3, -0.25) is 0 Å². The molecule has 1 heterocycles. The molecule has 0 saturated carbocycles.